The standard InChI is InChI=1S/C18H16I3NO3/c19-12-3-1-11(2-4-12)18(5-7-22-8-6-18)25-17(24)14-9-13(20)10-15(21)16(14)23/h1-4,9-10,22-23H,5-8H2. The summed E-state index contributed by atoms with van der Waals surface area (Å²) in [7, 11) is 0. The molecule has 0 bridgehead atoms. The molecule has 2 aromatic carbocycles. The number of rotatable bonds is 3. The molecule has 132 valence electrons. The number of benzene rings is 2. The van der Waals surface area contributed by atoms with Crippen LogP contribution in [0.15, 0.2) is 36.4 Å². The van der Waals surface area contributed by atoms with E-state index in [0.29, 0.717) is 16.4 Å². The zero-order chi connectivity index (χ0) is 18.0. The number of aromatic hydroxyl groups is 1. The Morgan fingerprint density at radius 3 is 2.32 bits per heavy atom. The van der Waals surface area contributed by atoms with E-state index in [2.05, 4.69) is 50.5 Å². The second-order valence-corrected chi connectivity index (χ2v) is 9.58. The number of nitrogens with one attached hydrogen (secondary N) is 1. The Bertz CT molecular complexity index is 787. The molecule has 4 nitrogen and oxygen atoms in total. The van der Waals surface area contributed by atoms with E-state index in [9.17, 15) is 9.90 Å². The molecule has 1 fully saturated rings. The van der Waals surface area contributed by atoms with Gasteiger partial charge in [0, 0.05) is 20.0 Å². The second kappa shape index (κ2) is 8.26. The van der Waals surface area contributed by atoms with E-state index in [1.165, 1.54) is 0 Å². The summed E-state index contributed by atoms with van der Waals surface area (Å²) in [5.41, 5.74) is 0.563. The molecule has 2 aromatic rings. The van der Waals surface area contributed by atoms with Crippen LogP contribution in [0.4, 0.5) is 0 Å². The van der Waals surface area contributed by atoms with Crippen LogP contribution in [0.3, 0.4) is 0 Å². The lowest BCUT2D eigenvalue weighted by atomic mass is 9.84. The summed E-state index contributed by atoms with van der Waals surface area (Å²) in [6.45, 7) is 1.57. The van der Waals surface area contributed by atoms with Crippen LogP contribution in [0.2, 0.25) is 0 Å². The fourth-order valence-corrected chi connectivity index (χ4v) is 5.19. The van der Waals surface area contributed by atoms with Crippen molar-refractivity contribution in [3.63, 3.8) is 0 Å². The number of halogens is 3. The van der Waals surface area contributed by atoms with Gasteiger partial charge in [-0.1, -0.05) is 12.1 Å². The fraction of sp³-hybridized carbons (Fsp3) is 0.278. The molecule has 1 aliphatic heterocycles. The normalized spacial score (nSPS) is 16.4. The van der Waals surface area contributed by atoms with Gasteiger partial charge in [0.2, 0.25) is 0 Å². The number of carbonyl (C=O) groups excluding carboxylic acids is 1. The maximum Gasteiger partial charge on any atom is 0.342 e. The Morgan fingerprint density at radius 2 is 1.68 bits per heavy atom. The Morgan fingerprint density at radius 1 is 1.04 bits per heavy atom. The Labute approximate surface area is 187 Å². The van der Waals surface area contributed by atoms with Crippen molar-refractivity contribution in [1.82, 2.24) is 5.32 Å². The summed E-state index contributed by atoms with van der Waals surface area (Å²) in [4.78, 5) is 12.9. The van der Waals surface area contributed by atoms with E-state index < -0.39 is 11.6 Å². The molecule has 0 radical (unpaired) electrons. The van der Waals surface area contributed by atoms with Gasteiger partial charge in [-0.15, -0.1) is 0 Å². The number of piperidine rings is 1. The number of esters is 1. The van der Waals surface area contributed by atoms with E-state index in [0.717, 1.165) is 25.8 Å². The van der Waals surface area contributed by atoms with E-state index in [4.69, 9.17) is 4.74 Å². The first-order chi connectivity index (χ1) is 11.9. The molecular formula is C18H16I3NO3. The summed E-state index contributed by atoms with van der Waals surface area (Å²) < 4.78 is 8.71. The summed E-state index contributed by atoms with van der Waals surface area (Å²) in [6, 6.07) is 11.6. The third-order valence-corrected chi connectivity index (χ3v) is 6.48. The van der Waals surface area contributed by atoms with E-state index >= 15 is 0 Å². The minimum atomic E-state index is -0.661. The molecule has 1 heterocycles. The van der Waals surface area contributed by atoms with Crippen molar-refractivity contribution in [3.05, 3.63) is 58.2 Å². The third kappa shape index (κ3) is 4.41. The number of phenols is 1. The topological polar surface area (TPSA) is 58.6 Å². The minimum Gasteiger partial charge on any atom is -0.506 e. The molecule has 7 heteroatoms. The van der Waals surface area contributed by atoms with Gasteiger partial charge in [-0.05, 0) is 111 Å². The van der Waals surface area contributed by atoms with Gasteiger partial charge < -0.3 is 15.2 Å². The molecule has 0 amide bonds. The molecule has 25 heavy (non-hydrogen) atoms. The molecule has 1 aliphatic rings. The van der Waals surface area contributed by atoms with E-state index in [1.54, 1.807) is 6.07 Å². The fourth-order valence-electron chi connectivity index (χ4n) is 2.99. The molecular weight excluding hydrogens is 659 g/mol. The van der Waals surface area contributed by atoms with E-state index in [-0.39, 0.29) is 11.3 Å². The first-order valence-electron chi connectivity index (χ1n) is 7.79. The number of phenolic OH excluding ortho intramolecular Hbond substituents is 1. The minimum absolute atomic E-state index is 0.0160. The smallest absolute Gasteiger partial charge is 0.342 e. The SMILES string of the molecule is O=C(OC1(c2ccc(I)cc2)CCNCC1)c1cc(I)cc(I)c1O. The lowest BCUT2D eigenvalue weighted by Crippen LogP contribution is -2.43. The third-order valence-electron chi connectivity index (χ3n) is 4.32. The van der Waals surface area contributed by atoms with Gasteiger partial charge in [0.25, 0.3) is 0 Å². The van der Waals surface area contributed by atoms with Gasteiger partial charge in [0.1, 0.15) is 16.9 Å². The van der Waals surface area contributed by atoms with Gasteiger partial charge >= 0.3 is 5.97 Å². The van der Waals surface area contributed by atoms with Crippen molar-refractivity contribution >= 4 is 73.7 Å². The van der Waals surface area contributed by atoms with Crippen LogP contribution in [0.5, 0.6) is 5.75 Å². The highest BCUT2D eigenvalue weighted by molar-refractivity contribution is 14.1. The highest BCUT2D eigenvalue weighted by atomic mass is 127. The van der Waals surface area contributed by atoms with Crippen molar-refractivity contribution in [1.29, 1.82) is 0 Å². The van der Waals surface area contributed by atoms with Crippen molar-refractivity contribution < 1.29 is 14.6 Å². The molecule has 0 spiro atoms. The van der Waals surface area contributed by atoms with E-state index in [1.807, 2.05) is 52.9 Å². The van der Waals surface area contributed by atoms with Gasteiger partial charge in [-0.25, -0.2) is 4.79 Å². The number of hydrogen-bond acceptors (Lipinski definition) is 4. The van der Waals surface area contributed by atoms with Crippen molar-refractivity contribution in [2.45, 2.75) is 18.4 Å². The molecule has 3 rings (SSSR count). The maximum absolute atomic E-state index is 12.9. The first kappa shape index (κ1) is 19.6. The highest BCUT2D eigenvalue weighted by Gasteiger charge is 2.38. The van der Waals surface area contributed by atoms with Crippen LogP contribution in [0, 0.1) is 10.7 Å². The van der Waals surface area contributed by atoms with Crippen LogP contribution < -0.4 is 5.32 Å². The summed E-state index contributed by atoms with van der Waals surface area (Å²) in [5.74, 6) is -0.493. The van der Waals surface area contributed by atoms with Crippen LogP contribution in [-0.2, 0) is 10.3 Å². The van der Waals surface area contributed by atoms with Gasteiger partial charge in [0.15, 0.2) is 0 Å². The summed E-state index contributed by atoms with van der Waals surface area (Å²) in [5, 5.41) is 13.6. The molecule has 0 saturated carbocycles. The summed E-state index contributed by atoms with van der Waals surface area (Å²) in [6.07, 6.45) is 1.42. The lowest BCUT2D eigenvalue weighted by Gasteiger charge is -2.37. The number of carbonyl (C=O) groups is 1. The average molecular weight is 675 g/mol. The summed E-state index contributed by atoms with van der Waals surface area (Å²) >= 11 is 6.42. The number of hydrogen-bond donors (Lipinski definition) is 2. The van der Waals surface area contributed by atoms with Crippen LogP contribution >= 0.6 is 67.8 Å². The molecule has 0 atom stereocenters. The van der Waals surface area contributed by atoms with Crippen LogP contribution in [0.1, 0.15) is 28.8 Å². The monoisotopic (exact) mass is 675 g/mol. The number of ether oxygens (including phenoxy) is 1. The lowest BCUT2D eigenvalue weighted by molar-refractivity contribution is -0.0380. The van der Waals surface area contributed by atoms with Crippen molar-refractivity contribution in [2.24, 2.45) is 0 Å². The largest absolute Gasteiger partial charge is 0.506 e. The Hall–Kier alpha value is -0.140. The zero-order valence-corrected chi connectivity index (χ0v) is 19.7. The van der Waals surface area contributed by atoms with Crippen molar-refractivity contribution in [3.8, 4) is 5.75 Å². The maximum atomic E-state index is 12.9. The molecule has 0 aliphatic carbocycles. The van der Waals surface area contributed by atoms with Crippen LogP contribution in [0.25, 0.3) is 0 Å². The highest BCUT2D eigenvalue weighted by Crippen LogP contribution is 2.37. The van der Waals surface area contributed by atoms with Crippen LogP contribution in [-0.4, -0.2) is 24.2 Å². The Kier molecular flexibility index (Phi) is 6.48. The first-order valence-corrected chi connectivity index (χ1v) is 11.0. The van der Waals surface area contributed by atoms with Gasteiger partial charge in [-0.3, -0.25) is 0 Å². The van der Waals surface area contributed by atoms with Gasteiger partial charge in [-0.2, -0.15) is 0 Å². The Balaban J connectivity index is 1.96. The predicted octanol–water partition coefficient (Wildman–Crippen LogP) is 4.64. The molecule has 0 unspecified atom stereocenters. The predicted molar refractivity (Wildman–Crippen MR) is 122 cm³/mol. The second-order valence-electron chi connectivity index (χ2n) is 5.92. The van der Waals surface area contributed by atoms with Crippen molar-refractivity contribution in [2.75, 3.05) is 13.1 Å². The molecule has 2 N–H and O–H groups in total. The molecule has 0 aromatic heterocycles. The zero-order valence-electron chi connectivity index (χ0n) is 13.2. The quantitative estimate of drug-likeness (QED) is 0.368. The van der Waals surface area contributed by atoms with Gasteiger partial charge in [0.05, 0.1) is 3.57 Å². The average Bonchev–Trinajstić information content (AvgIpc) is 2.59. The molecule has 1 saturated heterocycles.